The van der Waals surface area contributed by atoms with Gasteiger partial charge in [0.25, 0.3) is 0 Å². The van der Waals surface area contributed by atoms with Crippen molar-refractivity contribution in [2.24, 2.45) is 5.92 Å². The summed E-state index contributed by atoms with van der Waals surface area (Å²) in [5.41, 5.74) is 9.65. The molecule has 1 saturated carbocycles. The molecule has 0 spiro atoms. The van der Waals surface area contributed by atoms with Crippen LogP contribution in [0.3, 0.4) is 0 Å². The van der Waals surface area contributed by atoms with E-state index in [9.17, 15) is 0 Å². The molecule has 2 rings (SSSR count). The van der Waals surface area contributed by atoms with Crippen molar-refractivity contribution in [3.63, 3.8) is 0 Å². The van der Waals surface area contributed by atoms with Crippen molar-refractivity contribution in [2.45, 2.75) is 77.7 Å². The van der Waals surface area contributed by atoms with Gasteiger partial charge in [0.1, 0.15) is 0 Å². The third-order valence-electron chi connectivity index (χ3n) is 4.36. The first-order valence-corrected chi connectivity index (χ1v) is 8.62. The number of hydrazine groups is 1. The fraction of sp³-hybridized carbons (Fsp3) is 0.812. The number of nitrogens with one attached hydrogen (secondary N) is 3. The Morgan fingerprint density at radius 2 is 1.75 bits per heavy atom. The fourth-order valence-corrected chi connectivity index (χ4v) is 3.69. The molecule has 0 heterocycles. The number of thiocarbonyl (C=S) groups is 1. The highest BCUT2D eigenvalue weighted by Gasteiger charge is 2.23. The second-order valence-electron chi connectivity index (χ2n) is 6.42. The lowest BCUT2D eigenvalue weighted by Gasteiger charge is -2.31. The standard InChI is InChI=1S/C16H29N3S/c1-12(2)17-16(20)19-18-15-11-7-6-10-14(15)13-8-4-3-5-9-13/h12-13,18H,3-11H2,1-2H3,(H2,17,19,20). The average molecular weight is 295 g/mol. The molecule has 2 aliphatic carbocycles. The molecule has 0 atom stereocenters. The van der Waals surface area contributed by atoms with Crippen molar-refractivity contribution in [3.8, 4) is 0 Å². The molecule has 0 radical (unpaired) electrons. The first-order valence-electron chi connectivity index (χ1n) is 8.21. The van der Waals surface area contributed by atoms with E-state index in [1.807, 2.05) is 0 Å². The first kappa shape index (κ1) is 15.6. The molecular weight excluding hydrogens is 266 g/mol. The molecule has 3 N–H and O–H groups in total. The Morgan fingerprint density at radius 1 is 1.05 bits per heavy atom. The maximum absolute atomic E-state index is 5.29. The van der Waals surface area contributed by atoms with Gasteiger partial charge in [0.15, 0.2) is 5.11 Å². The first-order chi connectivity index (χ1) is 9.66. The molecule has 0 aromatic carbocycles. The summed E-state index contributed by atoms with van der Waals surface area (Å²) in [7, 11) is 0. The highest BCUT2D eigenvalue weighted by atomic mass is 32.1. The summed E-state index contributed by atoms with van der Waals surface area (Å²) in [6.45, 7) is 4.20. The molecule has 0 aromatic heterocycles. The minimum atomic E-state index is 0.370. The minimum absolute atomic E-state index is 0.370. The topological polar surface area (TPSA) is 36.1 Å². The third kappa shape index (κ3) is 4.65. The van der Waals surface area contributed by atoms with Crippen LogP contribution in [0.4, 0.5) is 0 Å². The molecule has 0 aliphatic heterocycles. The van der Waals surface area contributed by atoms with Gasteiger partial charge in [-0.05, 0) is 76.1 Å². The molecule has 4 heteroatoms. The van der Waals surface area contributed by atoms with Crippen LogP contribution >= 0.6 is 12.2 Å². The zero-order chi connectivity index (χ0) is 14.4. The molecule has 0 unspecified atom stereocenters. The van der Waals surface area contributed by atoms with E-state index in [-0.39, 0.29) is 0 Å². The Balaban J connectivity index is 1.93. The molecule has 0 saturated heterocycles. The zero-order valence-corrected chi connectivity index (χ0v) is 13.7. The van der Waals surface area contributed by atoms with Crippen LogP contribution in [0.2, 0.25) is 0 Å². The van der Waals surface area contributed by atoms with Gasteiger partial charge in [-0.15, -0.1) is 0 Å². The Bertz CT molecular complexity index is 357. The van der Waals surface area contributed by atoms with Gasteiger partial charge in [-0.2, -0.15) is 0 Å². The maximum Gasteiger partial charge on any atom is 0.185 e. The molecule has 3 nitrogen and oxygen atoms in total. The number of hydrogen-bond donors (Lipinski definition) is 3. The Hall–Kier alpha value is -0.770. The normalized spacial score (nSPS) is 20.9. The lowest BCUT2D eigenvalue weighted by molar-refractivity contribution is 0.378. The van der Waals surface area contributed by atoms with E-state index in [1.54, 1.807) is 5.57 Å². The lowest BCUT2D eigenvalue weighted by Crippen LogP contribution is -2.46. The van der Waals surface area contributed by atoms with Crippen LogP contribution in [0.25, 0.3) is 0 Å². The van der Waals surface area contributed by atoms with Crippen molar-refractivity contribution in [1.29, 1.82) is 0 Å². The fourth-order valence-electron chi connectivity index (χ4n) is 3.40. The SMILES string of the molecule is CC(C)NC(=S)NNC1=C(C2CCCCC2)CCCC1. The molecular formula is C16H29N3S. The molecule has 0 bridgehead atoms. The molecule has 2 aliphatic rings. The predicted molar refractivity (Wildman–Crippen MR) is 89.2 cm³/mol. The van der Waals surface area contributed by atoms with Gasteiger partial charge in [-0.25, -0.2) is 0 Å². The summed E-state index contributed by atoms with van der Waals surface area (Å²) in [4.78, 5) is 0. The Morgan fingerprint density at radius 3 is 2.45 bits per heavy atom. The molecule has 1 fully saturated rings. The van der Waals surface area contributed by atoms with E-state index in [0.717, 1.165) is 5.92 Å². The van der Waals surface area contributed by atoms with E-state index in [1.165, 1.54) is 63.5 Å². The van der Waals surface area contributed by atoms with E-state index >= 15 is 0 Å². The third-order valence-corrected chi connectivity index (χ3v) is 4.58. The summed E-state index contributed by atoms with van der Waals surface area (Å²) < 4.78 is 0. The van der Waals surface area contributed by atoms with Crippen LogP contribution in [0.5, 0.6) is 0 Å². The van der Waals surface area contributed by atoms with Crippen LogP contribution in [0.15, 0.2) is 11.3 Å². The van der Waals surface area contributed by atoms with Crippen molar-refractivity contribution in [3.05, 3.63) is 11.3 Å². The smallest absolute Gasteiger partial charge is 0.185 e. The van der Waals surface area contributed by atoms with Crippen LogP contribution in [-0.4, -0.2) is 11.2 Å². The molecule has 0 amide bonds. The van der Waals surface area contributed by atoms with Crippen LogP contribution < -0.4 is 16.2 Å². The van der Waals surface area contributed by atoms with E-state index in [4.69, 9.17) is 12.2 Å². The van der Waals surface area contributed by atoms with Gasteiger partial charge in [0.05, 0.1) is 0 Å². The zero-order valence-electron chi connectivity index (χ0n) is 12.9. The largest absolute Gasteiger partial charge is 0.359 e. The van der Waals surface area contributed by atoms with Crippen molar-refractivity contribution in [2.75, 3.05) is 0 Å². The van der Waals surface area contributed by atoms with Gasteiger partial charge >= 0.3 is 0 Å². The lowest BCUT2D eigenvalue weighted by atomic mass is 9.78. The number of allylic oxidation sites excluding steroid dienone is 2. The van der Waals surface area contributed by atoms with Gasteiger partial charge in [0.2, 0.25) is 0 Å². The molecule has 20 heavy (non-hydrogen) atoms. The Kier molecular flexibility index (Phi) is 6.14. The van der Waals surface area contributed by atoms with Crippen LogP contribution in [-0.2, 0) is 0 Å². The predicted octanol–water partition coefficient (Wildman–Crippen LogP) is 3.77. The van der Waals surface area contributed by atoms with Gasteiger partial charge < -0.3 is 10.7 Å². The summed E-state index contributed by atoms with van der Waals surface area (Å²) >= 11 is 5.29. The highest BCUT2D eigenvalue weighted by Crippen LogP contribution is 2.36. The van der Waals surface area contributed by atoms with Crippen molar-refractivity contribution >= 4 is 17.3 Å². The molecule has 114 valence electrons. The second-order valence-corrected chi connectivity index (χ2v) is 6.83. The van der Waals surface area contributed by atoms with Crippen LogP contribution in [0, 0.1) is 5.92 Å². The van der Waals surface area contributed by atoms with Crippen molar-refractivity contribution in [1.82, 2.24) is 16.2 Å². The van der Waals surface area contributed by atoms with E-state index in [0.29, 0.717) is 11.2 Å². The Labute approximate surface area is 128 Å². The van der Waals surface area contributed by atoms with Gasteiger partial charge in [-0.3, -0.25) is 5.43 Å². The maximum atomic E-state index is 5.29. The van der Waals surface area contributed by atoms with Crippen molar-refractivity contribution < 1.29 is 0 Å². The van der Waals surface area contributed by atoms with Gasteiger partial charge in [0, 0.05) is 11.7 Å². The minimum Gasteiger partial charge on any atom is -0.359 e. The summed E-state index contributed by atoms with van der Waals surface area (Å²) in [5, 5.41) is 3.91. The summed E-state index contributed by atoms with van der Waals surface area (Å²) in [5.74, 6) is 0.819. The summed E-state index contributed by atoms with van der Waals surface area (Å²) in [6.07, 6.45) is 12.1. The summed E-state index contributed by atoms with van der Waals surface area (Å²) in [6, 6.07) is 0.370. The van der Waals surface area contributed by atoms with Crippen LogP contribution in [0.1, 0.15) is 71.6 Å². The van der Waals surface area contributed by atoms with E-state index < -0.39 is 0 Å². The molecule has 0 aromatic rings. The highest BCUT2D eigenvalue weighted by molar-refractivity contribution is 7.80. The monoisotopic (exact) mass is 295 g/mol. The van der Waals surface area contributed by atoms with E-state index in [2.05, 4.69) is 30.0 Å². The number of rotatable bonds is 4. The second kappa shape index (κ2) is 7.87. The number of hydrogen-bond acceptors (Lipinski definition) is 2. The van der Waals surface area contributed by atoms with Gasteiger partial charge in [-0.1, -0.05) is 19.3 Å². The average Bonchev–Trinajstić information content (AvgIpc) is 2.46. The quantitative estimate of drug-likeness (QED) is 0.545.